The van der Waals surface area contributed by atoms with E-state index in [-0.39, 0.29) is 5.82 Å². The molecule has 3 rings (SSSR count). The standard InChI is InChI=1S/C16H15FN4OS/c1-22-14-8-6-13(7-9-14)21-15(19-20-16(21)23)10-18-12-4-2-11(17)3-5-12/h2-9,18H,10H2,1H3,(H,20,23). The van der Waals surface area contributed by atoms with E-state index in [1.54, 1.807) is 19.2 Å². The number of halogens is 1. The molecule has 0 aliphatic rings. The molecular formula is C16H15FN4OS. The van der Waals surface area contributed by atoms with Crippen LogP contribution in [0, 0.1) is 10.6 Å². The Kier molecular flexibility index (Phi) is 4.38. The molecule has 0 saturated heterocycles. The molecule has 118 valence electrons. The van der Waals surface area contributed by atoms with Gasteiger partial charge in [0, 0.05) is 11.4 Å². The zero-order chi connectivity index (χ0) is 16.2. The van der Waals surface area contributed by atoms with Crippen molar-refractivity contribution in [1.82, 2.24) is 14.8 Å². The Morgan fingerprint density at radius 3 is 2.52 bits per heavy atom. The van der Waals surface area contributed by atoms with Crippen LogP contribution in [0.1, 0.15) is 5.82 Å². The van der Waals surface area contributed by atoms with Crippen LogP contribution in [-0.2, 0) is 6.54 Å². The molecule has 23 heavy (non-hydrogen) atoms. The van der Waals surface area contributed by atoms with Crippen molar-refractivity contribution >= 4 is 17.9 Å². The molecule has 0 fully saturated rings. The molecule has 1 heterocycles. The third kappa shape index (κ3) is 3.40. The van der Waals surface area contributed by atoms with Gasteiger partial charge in [0.05, 0.1) is 13.7 Å². The molecule has 0 radical (unpaired) electrons. The topological polar surface area (TPSA) is 54.9 Å². The normalized spacial score (nSPS) is 10.5. The van der Waals surface area contributed by atoms with E-state index in [1.807, 2.05) is 28.8 Å². The summed E-state index contributed by atoms with van der Waals surface area (Å²) in [7, 11) is 1.62. The summed E-state index contributed by atoms with van der Waals surface area (Å²) in [6.07, 6.45) is 0. The van der Waals surface area contributed by atoms with Crippen LogP contribution in [-0.4, -0.2) is 21.9 Å². The lowest BCUT2D eigenvalue weighted by Crippen LogP contribution is -2.07. The van der Waals surface area contributed by atoms with Gasteiger partial charge in [0.1, 0.15) is 11.6 Å². The summed E-state index contributed by atoms with van der Waals surface area (Å²) in [5.41, 5.74) is 1.70. The van der Waals surface area contributed by atoms with E-state index in [1.165, 1.54) is 12.1 Å². The van der Waals surface area contributed by atoms with Gasteiger partial charge >= 0.3 is 0 Å². The largest absolute Gasteiger partial charge is 0.497 e. The molecule has 0 atom stereocenters. The van der Waals surface area contributed by atoms with Gasteiger partial charge in [-0.25, -0.2) is 4.39 Å². The quantitative estimate of drug-likeness (QED) is 0.701. The molecule has 0 bridgehead atoms. The maximum Gasteiger partial charge on any atom is 0.199 e. The number of anilines is 1. The number of benzene rings is 2. The van der Waals surface area contributed by atoms with E-state index >= 15 is 0 Å². The van der Waals surface area contributed by atoms with Gasteiger partial charge in [-0.05, 0) is 60.7 Å². The Bertz CT molecular complexity index is 840. The molecule has 0 unspecified atom stereocenters. The molecule has 0 spiro atoms. The highest BCUT2D eigenvalue weighted by Crippen LogP contribution is 2.17. The number of nitrogens with zero attached hydrogens (tertiary/aromatic N) is 2. The van der Waals surface area contributed by atoms with Gasteiger partial charge < -0.3 is 10.1 Å². The van der Waals surface area contributed by atoms with E-state index in [0.717, 1.165) is 22.9 Å². The maximum atomic E-state index is 12.9. The van der Waals surface area contributed by atoms with Crippen LogP contribution in [0.3, 0.4) is 0 Å². The van der Waals surface area contributed by atoms with Crippen molar-refractivity contribution in [3.8, 4) is 11.4 Å². The number of H-pyrrole nitrogens is 1. The molecule has 0 aliphatic carbocycles. The van der Waals surface area contributed by atoms with E-state index in [9.17, 15) is 4.39 Å². The second-order valence-electron chi connectivity index (χ2n) is 4.84. The highest BCUT2D eigenvalue weighted by Gasteiger charge is 2.08. The number of hydrogen-bond donors (Lipinski definition) is 2. The predicted molar refractivity (Wildman–Crippen MR) is 89.0 cm³/mol. The van der Waals surface area contributed by atoms with Crippen molar-refractivity contribution in [3.05, 3.63) is 64.9 Å². The summed E-state index contributed by atoms with van der Waals surface area (Å²) >= 11 is 5.30. The minimum absolute atomic E-state index is 0.267. The SMILES string of the molecule is COc1ccc(-n2c(CNc3ccc(F)cc3)n[nH]c2=S)cc1. The molecule has 0 saturated carbocycles. The van der Waals surface area contributed by atoms with Gasteiger partial charge in [0.15, 0.2) is 10.6 Å². The molecule has 7 heteroatoms. The fourth-order valence-corrected chi connectivity index (χ4v) is 2.45. The van der Waals surface area contributed by atoms with Crippen LogP contribution in [0.15, 0.2) is 48.5 Å². The Hall–Kier alpha value is -2.67. The average Bonchev–Trinajstić information content (AvgIpc) is 2.95. The zero-order valence-electron chi connectivity index (χ0n) is 12.4. The summed E-state index contributed by atoms with van der Waals surface area (Å²) in [6, 6.07) is 13.7. The number of hydrogen-bond acceptors (Lipinski definition) is 4. The van der Waals surface area contributed by atoms with E-state index < -0.39 is 0 Å². The Labute approximate surface area is 137 Å². The molecular weight excluding hydrogens is 315 g/mol. The van der Waals surface area contributed by atoms with Crippen molar-refractivity contribution < 1.29 is 9.13 Å². The van der Waals surface area contributed by atoms with E-state index in [4.69, 9.17) is 17.0 Å². The van der Waals surface area contributed by atoms with Crippen molar-refractivity contribution in [3.63, 3.8) is 0 Å². The molecule has 2 aromatic carbocycles. The van der Waals surface area contributed by atoms with Gasteiger partial charge in [-0.1, -0.05) is 0 Å². The van der Waals surface area contributed by atoms with Crippen LogP contribution >= 0.6 is 12.2 Å². The molecule has 2 N–H and O–H groups in total. The number of nitrogens with one attached hydrogen (secondary N) is 2. The monoisotopic (exact) mass is 330 g/mol. The minimum Gasteiger partial charge on any atom is -0.497 e. The zero-order valence-corrected chi connectivity index (χ0v) is 13.2. The highest BCUT2D eigenvalue weighted by molar-refractivity contribution is 7.71. The Balaban J connectivity index is 1.83. The summed E-state index contributed by atoms with van der Waals surface area (Å²) in [4.78, 5) is 0. The Morgan fingerprint density at radius 1 is 1.17 bits per heavy atom. The number of rotatable bonds is 5. The van der Waals surface area contributed by atoms with Gasteiger partial charge in [-0.15, -0.1) is 0 Å². The first-order chi connectivity index (χ1) is 11.2. The number of aromatic amines is 1. The van der Waals surface area contributed by atoms with Crippen LogP contribution in [0.4, 0.5) is 10.1 Å². The molecule has 0 aliphatic heterocycles. The van der Waals surface area contributed by atoms with Crippen molar-refractivity contribution in [2.75, 3.05) is 12.4 Å². The van der Waals surface area contributed by atoms with Crippen LogP contribution < -0.4 is 10.1 Å². The second kappa shape index (κ2) is 6.62. The minimum atomic E-state index is -0.267. The van der Waals surface area contributed by atoms with E-state index in [2.05, 4.69) is 15.5 Å². The second-order valence-corrected chi connectivity index (χ2v) is 5.23. The average molecular weight is 330 g/mol. The summed E-state index contributed by atoms with van der Waals surface area (Å²) < 4.78 is 20.4. The van der Waals surface area contributed by atoms with Crippen molar-refractivity contribution in [2.24, 2.45) is 0 Å². The molecule has 0 amide bonds. The van der Waals surface area contributed by atoms with Crippen LogP contribution in [0.5, 0.6) is 5.75 Å². The van der Waals surface area contributed by atoms with Gasteiger partial charge in [0.2, 0.25) is 0 Å². The lowest BCUT2D eigenvalue weighted by Gasteiger charge is -2.09. The maximum absolute atomic E-state index is 12.9. The highest BCUT2D eigenvalue weighted by atomic mass is 32.1. The molecule has 3 aromatic rings. The lowest BCUT2D eigenvalue weighted by molar-refractivity contribution is 0.414. The Morgan fingerprint density at radius 2 is 1.87 bits per heavy atom. The smallest absolute Gasteiger partial charge is 0.199 e. The third-order valence-electron chi connectivity index (χ3n) is 3.37. The van der Waals surface area contributed by atoms with Gasteiger partial charge in [-0.3, -0.25) is 9.67 Å². The summed E-state index contributed by atoms with van der Waals surface area (Å²) in [5.74, 6) is 1.23. The van der Waals surface area contributed by atoms with Gasteiger partial charge in [0.25, 0.3) is 0 Å². The fourth-order valence-electron chi connectivity index (χ4n) is 2.19. The van der Waals surface area contributed by atoms with Crippen molar-refractivity contribution in [1.29, 1.82) is 0 Å². The molecule has 1 aromatic heterocycles. The first-order valence-electron chi connectivity index (χ1n) is 6.97. The van der Waals surface area contributed by atoms with Crippen LogP contribution in [0.2, 0.25) is 0 Å². The van der Waals surface area contributed by atoms with E-state index in [0.29, 0.717) is 11.3 Å². The third-order valence-corrected chi connectivity index (χ3v) is 3.64. The summed E-state index contributed by atoms with van der Waals surface area (Å²) in [6.45, 7) is 0.449. The van der Waals surface area contributed by atoms with Gasteiger partial charge in [-0.2, -0.15) is 5.10 Å². The molecule has 5 nitrogen and oxygen atoms in total. The lowest BCUT2D eigenvalue weighted by atomic mass is 10.3. The fraction of sp³-hybridized carbons (Fsp3) is 0.125. The first-order valence-corrected chi connectivity index (χ1v) is 7.38. The van der Waals surface area contributed by atoms with Crippen LogP contribution in [0.25, 0.3) is 5.69 Å². The van der Waals surface area contributed by atoms with Crippen molar-refractivity contribution in [2.45, 2.75) is 6.54 Å². The number of methoxy groups -OCH3 is 1. The first kappa shape index (κ1) is 15.2. The number of aromatic nitrogens is 3. The summed E-state index contributed by atoms with van der Waals surface area (Å²) in [5, 5.41) is 10.2. The predicted octanol–water partition coefficient (Wildman–Crippen LogP) is 3.69. The number of ether oxygens (including phenoxy) is 1.